The van der Waals surface area contributed by atoms with Crippen LogP contribution in [0.3, 0.4) is 0 Å². The molecule has 42 heavy (non-hydrogen) atoms. The van der Waals surface area contributed by atoms with E-state index in [-0.39, 0.29) is 47.3 Å². The summed E-state index contributed by atoms with van der Waals surface area (Å²) in [5.74, 6) is -0.799. The van der Waals surface area contributed by atoms with Gasteiger partial charge in [-0.15, -0.1) is 10.2 Å². The van der Waals surface area contributed by atoms with Crippen molar-refractivity contribution in [2.45, 2.75) is 41.5 Å². The van der Waals surface area contributed by atoms with E-state index < -0.39 is 62.0 Å². The number of nitrogens with one attached hydrogen (secondary N) is 1. The Kier molecular flexibility index (Phi) is 8.70. The van der Waals surface area contributed by atoms with Crippen molar-refractivity contribution in [3.63, 3.8) is 0 Å². The molecule has 0 amide bonds. The predicted molar refractivity (Wildman–Crippen MR) is 151 cm³/mol. The van der Waals surface area contributed by atoms with E-state index in [1.807, 2.05) is 0 Å². The van der Waals surface area contributed by atoms with Gasteiger partial charge in [-0.2, -0.15) is 9.67 Å². The van der Waals surface area contributed by atoms with Gasteiger partial charge in [0, 0.05) is 15.4 Å². The number of halogens is 1. The number of nitrogen functional groups attached to an aromatic ring is 2. The summed E-state index contributed by atoms with van der Waals surface area (Å²) < 4.78 is 45.9. The standard InChI is InChI=1S/C18H23FN12O7P2S2/c19-6-4(5(2-34-39)36-15(6)30-12-7(26-28-30)11(20)22-3-23-12)1-35-40-37-17-9(32)10(38-41)16(42-17)31-13-8(27-29-31)14(33)25-18(21)24-13/h3-6,9-10,15-17,32,40-41H,1-2,39H2,(H2,20,22,23)(H3,21,24,25,33)/t4-,5-,6+,9+,10-,15-,16-,17?/m1/s1. The predicted octanol–water partition coefficient (Wildman–Crippen LogP) is -0.724. The van der Waals surface area contributed by atoms with Gasteiger partial charge < -0.3 is 39.1 Å². The van der Waals surface area contributed by atoms with E-state index in [9.17, 15) is 9.90 Å². The Balaban J connectivity index is 1.11. The number of ether oxygens (including phenoxy) is 1. The molecular weight excluding hydrogens is 641 g/mol. The number of aliphatic hydroxyl groups is 1. The molecule has 2 aliphatic heterocycles. The molecule has 4 aromatic heterocycles. The minimum Gasteiger partial charge on any atom is -0.387 e. The highest BCUT2D eigenvalue weighted by molar-refractivity contribution is 8.00. The molecule has 0 bridgehead atoms. The van der Waals surface area contributed by atoms with Crippen LogP contribution in [0, 0.1) is 5.92 Å². The first kappa shape index (κ1) is 29.7. The summed E-state index contributed by atoms with van der Waals surface area (Å²) in [4.78, 5) is 26.5. The van der Waals surface area contributed by atoms with Crippen LogP contribution in [0.4, 0.5) is 16.2 Å². The van der Waals surface area contributed by atoms with Crippen molar-refractivity contribution in [3.05, 3.63) is 16.7 Å². The second-order valence-corrected chi connectivity index (χ2v) is 11.6. The Morgan fingerprint density at radius 1 is 1.21 bits per heavy atom. The molecule has 24 heteroatoms. The highest BCUT2D eigenvalue weighted by Crippen LogP contribution is 2.47. The van der Waals surface area contributed by atoms with Gasteiger partial charge >= 0.3 is 0 Å². The van der Waals surface area contributed by atoms with Crippen molar-refractivity contribution < 1.29 is 32.0 Å². The zero-order valence-electron chi connectivity index (χ0n) is 21.0. The highest BCUT2D eigenvalue weighted by Gasteiger charge is 2.49. The minimum atomic E-state index is -1.58. The fourth-order valence-corrected chi connectivity index (χ4v) is 7.28. The van der Waals surface area contributed by atoms with E-state index >= 15 is 4.39 Å². The number of hydrogen-bond donors (Lipinski definition) is 5. The van der Waals surface area contributed by atoms with Gasteiger partial charge in [-0.3, -0.25) is 9.78 Å². The number of thioether (sulfide) groups is 1. The van der Waals surface area contributed by atoms with Gasteiger partial charge in [-0.05, 0) is 12.9 Å². The number of aromatic nitrogens is 10. The van der Waals surface area contributed by atoms with E-state index in [2.05, 4.69) is 62.9 Å². The molecule has 226 valence electrons. The number of nitrogens with two attached hydrogens (primary N) is 2. The lowest BCUT2D eigenvalue weighted by molar-refractivity contribution is -0.0401. The first-order valence-corrected chi connectivity index (χ1v) is 14.6. The van der Waals surface area contributed by atoms with Crippen molar-refractivity contribution in [2.24, 2.45) is 5.92 Å². The molecule has 2 aliphatic rings. The number of alkyl halides is 1. The number of aliphatic hydroxyl groups excluding tert-OH is 1. The monoisotopic (exact) mass is 664 g/mol. The van der Waals surface area contributed by atoms with Crippen LogP contribution in [-0.4, -0.2) is 98.2 Å². The summed E-state index contributed by atoms with van der Waals surface area (Å²) in [5.41, 5.74) is 10.6. The second-order valence-electron chi connectivity index (χ2n) is 9.10. The van der Waals surface area contributed by atoms with Gasteiger partial charge in [0.2, 0.25) is 5.95 Å². The highest BCUT2D eigenvalue weighted by atomic mass is 32.2. The molecule has 0 aliphatic carbocycles. The second kappa shape index (κ2) is 12.3. The Hall–Kier alpha value is -2.39. The SMILES string of the molecule is Nc1nc2c(nnn2[C@@H]2SC(OPOC[C@H]3[C@H](F)[C@H](n4nnc5c(N)ncnc54)O[C@@H]3COP)[C@@H](O)[C@H]2OS)c(=O)[nH]1. The molecule has 6 heterocycles. The van der Waals surface area contributed by atoms with Gasteiger partial charge in [-0.25, -0.2) is 19.0 Å². The number of rotatable bonds is 10. The van der Waals surface area contributed by atoms with Crippen LogP contribution in [0.15, 0.2) is 11.1 Å². The summed E-state index contributed by atoms with van der Waals surface area (Å²) in [6.07, 6.45) is -4.34. The molecule has 19 nitrogen and oxygen atoms in total. The van der Waals surface area contributed by atoms with Gasteiger partial charge in [0.1, 0.15) is 29.3 Å². The molecule has 4 aromatic rings. The first-order valence-electron chi connectivity index (χ1n) is 12.0. The Labute approximate surface area is 247 Å². The third-order valence-corrected chi connectivity index (χ3v) is 9.28. The maximum absolute atomic E-state index is 15.7. The van der Waals surface area contributed by atoms with E-state index in [0.29, 0.717) is 0 Å². The molecule has 0 radical (unpaired) electrons. The third-order valence-electron chi connectivity index (χ3n) is 6.65. The van der Waals surface area contributed by atoms with Gasteiger partial charge in [0.05, 0.1) is 19.3 Å². The van der Waals surface area contributed by atoms with E-state index in [4.69, 9.17) is 34.0 Å². The largest absolute Gasteiger partial charge is 0.387 e. The maximum atomic E-state index is 15.7. The van der Waals surface area contributed by atoms with Crippen molar-refractivity contribution in [2.75, 3.05) is 24.7 Å². The molecule has 2 fully saturated rings. The summed E-state index contributed by atoms with van der Waals surface area (Å²) in [6, 6.07) is 0. The van der Waals surface area contributed by atoms with Crippen molar-refractivity contribution in [1.29, 1.82) is 0 Å². The average Bonchev–Trinajstić information content (AvgIpc) is 3.72. The molecule has 3 unspecified atom stereocenters. The van der Waals surface area contributed by atoms with Crippen LogP contribution in [0.5, 0.6) is 0 Å². The third kappa shape index (κ3) is 5.29. The zero-order valence-corrected chi connectivity index (χ0v) is 24.9. The maximum Gasteiger partial charge on any atom is 0.282 e. The van der Waals surface area contributed by atoms with Crippen LogP contribution >= 0.6 is 43.2 Å². The fourth-order valence-electron chi connectivity index (χ4n) is 4.64. The smallest absolute Gasteiger partial charge is 0.282 e. The van der Waals surface area contributed by atoms with Crippen molar-refractivity contribution in [3.8, 4) is 0 Å². The number of thiol groups is 1. The number of fused-ring (bicyclic) bond motifs is 2. The first-order chi connectivity index (χ1) is 20.3. The molecule has 0 aromatic carbocycles. The zero-order chi connectivity index (χ0) is 29.5. The van der Waals surface area contributed by atoms with Gasteiger partial charge in [-0.1, -0.05) is 22.2 Å². The van der Waals surface area contributed by atoms with Crippen LogP contribution in [0.1, 0.15) is 11.6 Å². The molecular formula is C18H23FN12O7P2S2. The Morgan fingerprint density at radius 3 is 2.79 bits per heavy atom. The molecule has 0 spiro atoms. The fraction of sp³-hybridized carbons (Fsp3) is 0.556. The lowest BCUT2D eigenvalue weighted by Gasteiger charge is -2.20. The lowest BCUT2D eigenvalue weighted by atomic mass is 10.0. The summed E-state index contributed by atoms with van der Waals surface area (Å²) in [5, 5.41) is 25.8. The molecule has 2 saturated heterocycles. The number of nitrogens with zero attached hydrogens (tertiary/aromatic N) is 9. The van der Waals surface area contributed by atoms with Crippen LogP contribution in [0.2, 0.25) is 0 Å². The number of aromatic amines is 1. The Bertz CT molecular complexity index is 1630. The summed E-state index contributed by atoms with van der Waals surface area (Å²) in [6.45, 7) is -0.0575. The normalized spacial score (nSPS) is 30.0. The number of hydrogen-bond acceptors (Lipinski definition) is 18. The van der Waals surface area contributed by atoms with E-state index in [1.54, 1.807) is 0 Å². The van der Waals surface area contributed by atoms with Gasteiger partial charge in [0.25, 0.3) is 5.56 Å². The minimum absolute atomic E-state index is 0.0385. The van der Waals surface area contributed by atoms with E-state index in [0.717, 1.165) is 11.8 Å². The quantitative estimate of drug-likeness (QED) is 0.0607. The lowest BCUT2D eigenvalue weighted by Crippen LogP contribution is -2.33. The van der Waals surface area contributed by atoms with Gasteiger partial charge in [0.15, 0.2) is 49.6 Å². The van der Waals surface area contributed by atoms with Crippen LogP contribution < -0.4 is 17.0 Å². The number of anilines is 2. The number of H-pyrrole nitrogens is 1. The van der Waals surface area contributed by atoms with Crippen molar-refractivity contribution >= 4 is 77.3 Å². The van der Waals surface area contributed by atoms with Crippen LogP contribution in [-0.2, 0) is 22.5 Å². The topological polar surface area (TPSA) is 251 Å². The van der Waals surface area contributed by atoms with Crippen molar-refractivity contribution in [1.82, 2.24) is 49.9 Å². The molecule has 6 N–H and O–H groups in total. The molecule has 0 saturated carbocycles. The average molecular weight is 665 g/mol. The molecule has 6 rings (SSSR count). The molecule has 10 atom stereocenters. The summed E-state index contributed by atoms with van der Waals surface area (Å²) >= 11 is 5.00. The summed E-state index contributed by atoms with van der Waals surface area (Å²) in [7, 11) is 1.49. The van der Waals surface area contributed by atoms with Crippen LogP contribution in [0.25, 0.3) is 22.3 Å². The van der Waals surface area contributed by atoms with E-state index in [1.165, 1.54) is 15.7 Å². The Morgan fingerprint density at radius 2 is 2.00 bits per heavy atom.